The maximum absolute atomic E-state index is 12.8. The van der Waals surface area contributed by atoms with Gasteiger partial charge in [-0.2, -0.15) is 0 Å². The molecule has 0 spiro atoms. The van der Waals surface area contributed by atoms with Crippen LogP contribution in [0, 0.1) is 0 Å². The molecule has 1 saturated carbocycles. The molecule has 0 bridgehead atoms. The first-order chi connectivity index (χ1) is 15.0. The molecule has 2 heterocycles. The van der Waals surface area contributed by atoms with Crippen LogP contribution < -0.4 is 10.6 Å². The Kier molecular flexibility index (Phi) is 6.17. The van der Waals surface area contributed by atoms with Gasteiger partial charge in [0.2, 0.25) is 0 Å². The van der Waals surface area contributed by atoms with Gasteiger partial charge in [-0.25, -0.2) is 28.4 Å². The summed E-state index contributed by atoms with van der Waals surface area (Å²) in [6.45, 7) is 0.203. The molecule has 9 nitrogen and oxygen atoms in total. The second-order valence-corrected chi connectivity index (χ2v) is 9.37. The minimum Gasteiger partial charge on any atom is -0.351 e. The molecule has 10 heteroatoms. The second kappa shape index (κ2) is 9.17. The van der Waals surface area contributed by atoms with Gasteiger partial charge in [-0.3, -0.25) is 4.79 Å². The number of carbonyl (C=O) groups excluding carboxylic acids is 1. The van der Waals surface area contributed by atoms with Gasteiger partial charge in [0.25, 0.3) is 5.91 Å². The van der Waals surface area contributed by atoms with Gasteiger partial charge in [-0.05, 0) is 31.4 Å². The van der Waals surface area contributed by atoms with Crippen LogP contribution in [0.4, 0.5) is 11.5 Å². The van der Waals surface area contributed by atoms with E-state index in [1.807, 2.05) is 0 Å². The van der Waals surface area contributed by atoms with Crippen LogP contribution in [0.2, 0.25) is 0 Å². The Morgan fingerprint density at radius 2 is 1.81 bits per heavy atom. The fourth-order valence-electron chi connectivity index (χ4n) is 3.02. The second-order valence-electron chi connectivity index (χ2n) is 7.26. The van der Waals surface area contributed by atoms with Gasteiger partial charge >= 0.3 is 0 Å². The van der Waals surface area contributed by atoms with E-state index >= 15 is 0 Å². The zero-order chi connectivity index (χ0) is 21.7. The fraction of sp³-hybridized carbons (Fsp3) is 0.286. The Labute approximate surface area is 180 Å². The van der Waals surface area contributed by atoms with E-state index in [0.29, 0.717) is 17.4 Å². The SMILES string of the molecule is O=C(NCCCS(=O)(=O)c1ccccc1)c1nc(C2CC2)cnc1Nc1cncnc1. The maximum atomic E-state index is 12.8. The molecule has 0 atom stereocenters. The highest BCUT2D eigenvalue weighted by molar-refractivity contribution is 7.91. The average molecular weight is 439 g/mol. The molecule has 3 aromatic rings. The Balaban J connectivity index is 1.41. The lowest BCUT2D eigenvalue weighted by atomic mass is 10.2. The number of hydrogen-bond acceptors (Lipinski definition) is 8. The van der Waals surface area contributed by atoms with Crippen molar-refractivity contribution in [2.45, 2.75) is 30.1 Å². The minimum absolute atomic E-state index is 0.0580. The predicted octanol–water partition coefficient (Wildman–Crippen LogP) is 2.48. The molecule has 0 unspecified atom stereocenters. The molecule has 0 aliphatic heterocycles. The normalized spacial score (nSPS) is 13.5. The quantitative estimate of drug-likeness (QED) is 0.488. The van der Waals surface area contributed by atoms with Crippen molar-refractivity contribution >= 4 is 27.2 Å². The molecular formula is C21H22N6O3S. The van der Waals surface area contributed by atoms with Crippen LogP contribution >= 0.6 is 0 Å². The van der Waals surface area contributed by atoms with Crippen LogP contribution in [0.1, 0.15) is 41.4 Å². The van der Waals surface area contributed by atoms with E-state index in [4.69, 9.17) is 0 Å². The van der Waals surface area contributed by atoms with Crippen molar-refractivity contribution in [3.05, 3.63) is 66.6 Å². The molecule has 1 aliphatic carbocycles. The Bertz CT molecular complexity index is 1150. The summed E-state index contributed by atoms with van der Waals surface area (Å²) in [5, 5.41) is 5.78. The van der Waals surface area contributed by atoms with Crippen molar-refractivity contribution in [3.63, 3.8) is 0 Å². The van der Waals surface area contributed by atoms with Gasteiger partial charge in [-0.1, -0.05) is 18.2 Å². The first-order valence-corrected chi connectivity index (χ1v) is 11.6. The van der Waals surface area contributed by atoms with Crippen LogP contribution in [0.3, 0.4) is 0 Å². The number of anilines is 2. The molecule has 1 amide bonds. The number of benzene rings is 1. The van der Waals surface area contributed by atoms with Crippen LogP contribution in [-0.2, 0) is 9.84 Å². The molecule has 31 heavy (non-hydrogen) atoms. The molecule has 2 aromatic heterocycles. The van der Waals surface area contributed by atoms with E-state index < -0.39 is 15.7 Å². The topological polar surface area (TPSA) is 127 Å². The number of rotatable bonds is 9. The summed E-state index contributed by atoms with van der Waals surface area (Å²) in [6.07, 6.45) is 8.57. The number of nitrogens with zero attached hydrogens (tertiary/aromatic N) is 4. The standard InChI is InChI=1S/C21H22N6O3S/c28-21(24-9-4-10-31(29,30)17-5-2-1-3-6-17)19-20(26-16-11-22-14-23-12-16)25-13-18(27-19)15-7-8-15/h1-3,5-6,11-15H,4,7-10H2,(H,24,28)(H,25,26). The van der Waals surface area contributed by atoms with Gasteiger partial charge < -0.3 is 10.6 Å². The van der Waals surface area contributed by atoms with Crippen molar-refractivity contribution in [2.24, 2.45) is 0 Å². The van der Waals surface area contributed by atoms with E-state index in [0.717, 1.165) is 18.5 Å². The van der Waals surface area contributed by atoms with Gasteiger partial charge in [0, 0.05) is 12.5 Å². The van der Waals surface area contributed by atoms with Gasteiger partial charge in [0.15, 0.2) is 21.3 Å². The molecule has 2 N–H and O–H groups in total. The van der Waals surface area contributed by atoms with E-state index in [1.54, 1.807) is 48.9 Å². The van der Waals surface area contributed by atoms with Crippen molar-refractivity contribution in [1.29, 1.82) is 0 Å². The largest absolute Gasteiger partial charge is 0.351 e. The van der Waals surface area contributed by atoms with Crippen molar-refractivity contribution in [2.75, 3.05) is 17.6 Å². The molecule has 0 saturated heterocycles. The highest BCUT2D eigenvalue weighted by Gasteiger charge is 2.27. The molecular weight excluding hydrogens is 416 g/mol. The lowest BCUT2D eigenvalue weighted by Gasteiger charge is -2.12. The lowest BCUT2D eigenvalue weighted by Crippen LogP contribution is -2.28. The average Bonchev–Trinajstić information content (AvgIpc) is 3.64. The third-order valence-electron chi connectivity index (χ3n) is 4.80. The number of sulfone groups is 1. The van der Waals surface area contributed by atoms with Gasteiger partial charge in [-0.15, -0.1) is 0 Å². The summed E-state index contributed by atoms with van der Waals surface area (Å²) in [7, 11) is -3.39. The van der Waals surface area contributed by atoms with Crippen LogP contribution in [0.25, 0.3) is 0 Å². The summed E-state index contributed by atoms with van der Waals surface area (Å²) in [6, 6.07) is 8.28. The summed E-state index contributed by atoms with van der Waals surface area (Å²) in [5.74, 6) is 0.168. The Hall–Kier alpha value is -3.40. The van der Waals surface area contributed by atoms with Crippen LogP contribution in [0.5, 0.6) is 0 Å². The number of nitrogens with one attached hydrogen (secondary N) is 2. The summed E-state index contributed by atoms with van der Waals surface area (Å²) < 4.78 is 24.7. The zero-order valence-electron chi connectivity index (χ0n) is 16.7. The van der Waals surface area contributed by atoms with Crippen LogP contribution in [-0.4, -0.2) is 46.6 Å². The van der Waals surface area contributed by atoms with E-state index in [2.05, 4.69) is 30.6 Å². The maximum Gasteiger partial charge on any atom is 0.273 e. The number of carbonyl (C=O) groups is 1. The smallest absolute Gasteiger partial charge is 0.273 e. The lowest BCUT2D eigenvalue weighted by molar-refractivity contribution is 0.0949. The monoisotopic (exact) mass is 438 g/mol. The highest BCUT2D eigenvalue weighted by Crippen LogP contribution is 2.39. The third-order valence-corrected chi connectivity index (χ3v) is 6.62. The summed E-state index contributed by atoms with van der Waals surface area (Å²) in [4.78, 5) is 29.9. The van der Waals surface area contributed by atoms with E-state index in [-0.39, 0.29) is 29.3 Å². The number of amides is 1. The van der Waals surface area contributed by atoms with Crippen molar-refractivity contribution < 1.29 is 13.2 Å². The number of hydrogen-bond donors (Lipinski definition) is 2. The molecule has 1 aliphatic rings. The Morgan fingerprint density at radius 3 is 2.52 bits per heavy atom. The van der Waals surface area contributed by atoms with Crippen molar-refractivity contribution in [3.8, 4) is 0 Å². The molecule has 160 valence electrons. The van der Waals surface area contributed by atoms with Crippen molar-refractivity contribution in [1.82, 2.24) is 25.3 Å². The van der Waals surface area contributed by atoms with Gasteiger partial charge in [0.1, 0.15) is 6.33 Å². The van der Waals surface area contributed by atoms with E-state index in [9.17, 15) is 13.2 Å². The first kappa shape index (κ1) is 20.9. The van der Waals surface area contributed by atoms with E-state index in [1.165, 1.54) is 6.33 Å². The fourth-order valence-corrected chi connectivity index (χ4v) is 4.35. The summed E-state index contributed by atoms with van der Waals surface area (Å²) >= 11 is 0. The highest BCUT2D eigenvalue weighted by atomic mass is 32.2. The van der Waals surface area contributed by atoms with Crippen LogP contribution in [0.15, 0.2) is 60.1 Å². The molecule has 4 rings (SSSR count). The third kappa shape index (κ3) is 5.40. The van der Waals surface area contributed by atoms with Gasteiger partial charge in [0.05, 0.1) is 40.6 Å². The molecule has 0 radical (unpaired) electrons. The summed E-state index contributed by atoms with van der Waals surface area (Å²) in [5.41, 5.74) is 1.53. The zero-order valence-corrected chi connectivity index (χ0v) is 17.5. The first-order valence-electron chi connectivity index (χ1n) is 9.98. The molecule has 1 aromatic carbocycles. The predicted molar refractivity (Wildman–Crippen MR) is 115 cm³/mol. The molecule has 1 fully saturated rings. The Morgan fingerprint density at radius 1 is 1.06 bits per heavy atom. The number of aromatic nitrogens is 4. The minimum atomic E-state index is -3.39.